The van der Waals surface area contributed by atoms with Crippen molar-refractivity contribution in [2.75, 3.05) is 16.8 Å². The van der Waals surface area contributed by atoms with Gasteiger partial charge >= 0.3 is 12.2 Å². The number of carbonyl (C=O) groups excluding carboxylic acids is 2. The molecule has 6 nitrogen and oxygen atoms in total. The predicted molar refractivity (Wildman–Crippen MR) is 119 cm³/mol. The first-order valence-electron chi connectivity index (χ1n) is 10.4. The molecule has 1 atom stereocenters. The van der Waals surface area contributed by atoms with Gasteiger partial charge in [0.15, 0.2) is 0 Å². The molecule has 0 aliphatic carbocycles. The normalized spacial score (nSPS) is 16.4. The van der Waals surface area contributed by atoms with Crippen LogP contribution in [0.2, 0.25) is 0 Å². The van der Waals surface area contributed by atoms with E-state index in [9.17, 15) is 22.8 Å². The molecule has 1 saturated heterocycles. The van der Waals surface area contributed by atoms with Crippen molar-refractivity contribution in [3.8, 4) is 11.1 Å². The molecular formula is C24H21F3N4O2. The molecule has 1 aliphatic rings. The lowest BCUT2D eigenvalue weighted by Crippen LogP contribution is -2.53. The number of hydrogen-bond donors (Lipinski definition) is 2. The highest BCUT2D eigenvalue weighted by atomic mass is 19.4. The van der Waals surface area contributed by atoms with Crippen molar-refractivity contribution in [3.63, 3.8) is 0 Å². The van der Waals surface area contributed by atoms with Crippen LogP contribution >= 0.6 is 0 Å². The van der Waals surface area contributed by atoms with Gasteiger partial charge in [0.05, 0.1) is 5.56 Å². The van der Waals surface area contributed by atoms with E-state index < -0.39 is 23.8 Å². The predicted octanol–water partition coefficient (Wildman–Crippen LogP) is 5.08. The third-order valence-corrected chi connectivity index (χ3v) is 5.39. The molecule has 1 fully saturated rings. The number of nitrogens with zero attached hydrogens (tertiary/aromatic N) is 2. The molecule has 9 heteroatoms. The zero-order valence-electron chi connectivity index (χ0n) is 17.5. The maximum Gasteiger partial charge on any atom is 0.416 e. The molecule has 1 aliphatic heterocycles. The average Bonchev–Trinajstić information content (AvgIpc) is 2.81. The van der Waals surface area contributed by atoms with Crippen molar-refractivity contribution in [1.82, 2.24) is 10.3 Å². The zero-order chi connectivity index (χ0) is 23.4. The summed E-state index contributed by atoms with van der Waals surface area (Å²) in [6.07, 6.45) is 0.182. The lowest BCUT2D eigenvalue weighted by molar-refractivity contribution is -0.137. The van der Waals surface area contributed by atoms with E-state index in [1.54, 1.807) is 17.3 Å². The Morgan fingerprint density at radius 3 is 2.36 bits per heavy atom. The molecule has 33 heavy (non-hydrogen) atoms. The summed E-state index contributed by atoms with van der Waals surface area (Å²) in [6.45, 7) is 0.532. The van der Waals surface area contributed by atoms with E-state index in [0.717, 1.165) is 28.9 Å². The Kier molecular flexibility index (Phi) is 6.30. The lowest BCUT2D eigenvalue weighted by atomic mass is 10.0. The quantitative estimate of drug-likeness (QED) is 0.577. The number of alkyl halides is 3. The van der Waals surface area contributed by atoms with E-state index in [1.165, 1.54) is 12.1 Å². The molecule has 2 aromatic carbocycles. The fourth-order valence-corrected chi connectivity index (χ4v) is 3.70. The van der Waals surface area contributed by atoms with Gasteiger partial charge in [-0.3, -0.25) is 9.78 Å². The van der Waals surface area contributed by atoms with Gasteiger partial charge in [-0.05, 0) is 66.4 Å². The molecule has 0 bridgehead atoms. The van der Waals surface area contributed by atoms with Gasteiger partial charge in [0, 0.05) is 30.3 Å². The van der Waals surface area contributed by atoms with Gasteiger partial charge in [0.2, 0.25) is 5.91 Å². The van der Waals surface area contributed by atoms with Crippen LogP contribution in [-0.2, 0) is 11.0 Å². The van der Waals surface area contributed by atoms with Crippen LogP contribution in [0.1, 0.15) is 18.4 Å². The van der Waals surface area contributed by atoms with Gasteiger partial charge in [0.1, 0.15) is 6.04 Å². The number of anilines is 2. The Hall–Kier alpha value is -3.88. The van der Waals surface area contributed by atoms with Crippen molar-refractivity contribution in [2.24, 2.45) is 0 Å². The van der Waals surface area contributed by atoms with Gasteiger partial charge < -0.3 is 15.5 Å². The van der Waals surface area contributed by atoms with Crippen LogP contribution in [0.4, 0.5) is 29.3 Å². The molecule has 170 valence electrons. The summed E-state index contributed by atoms with van der Waals surface area (Å²) < 4.78 is 38.0. The highest BCUT2D eigenvalue weighted by Gasteiger charge is 2.32. The Balaban J connectivity index is 1.38. The fraction of sp³-hybridized carbons (Fsp3) is 0.208. The number of halogens is 3. The number of hydrogen-bond acceptors (Lipinski definition) is 3. The van der Waals surface area contributed by atoms with Crippen LogP contribution in [0.3, 0.4) is 0 Å². The zero-order valence-corrected chi connectivity index (χ0v) is 17.5. The second kappa shape index (κ2) is 9.32. The number of rotatable bonds is 4. The summed E-state index contributed by atoms with van der Waals surface area (Å²) in [4.78, 5) is 31.0. The number of aromatic nitrogens is 1. The van der Waals surface area contributed by atoms with E-state index in [1.807, 2.05) is 36.4 Å². The number of piperidine rings is 1. The summed E-state index contributed by atoms with van der Waals surface area (Å²) in [7, 11) is 0. The Morgan fingerprint density at radius 2 is 1.73 bits per heavy atom. The summed E-state index contributed by atoms with van der Waals surface area (Å²) in [5.74, 6) is -0.238. The number of amides is 3. The van der Waals surface area contributed by atoms with Crippen LogP contribution in [-0.4, -0.2) is 29.5 Å². The van der Waals surface area contributed by atoms with Crippen LogP contribution in [0, 0.1) is 0 Å². The molecule has 4 rings (SSSR count). The van der Waals surface area contributed by atoms with E-state index >= 15 is 0 Å². The largest absolute Gasteiger partial charge is 0.416 e. The fourth-order valence-electron chi connectivity index (χ4n) is 3.70. The molecule has 0 spiro atoms. The summed E-state index contributed by atoms with van der Waals surface area (Å²) >= 11 is 0. The molecule has 0 saturated carbocycles. The van der Waals surface area contributed by atoms with Crippen molar-refractivity contribution < 1.29 is 22.8 Å². The summed E-state index contributed by atoms with van der Waals surface area (Å²) in [5.41, 5.74) is 2.06. The van der Waals surface area contributed by atoms with Crippen molar-refractivity contribution in [1.29, 1.82) is 0 Å². The standard InChI is InChI=1S/C24H21F3N4O2/c25-24(26,27)18-7-9-19(10-8-18)29-23(33)30-21-4-2-14-31(22(21)32)20-11-5-16(6-12-20)17-3-1-13-28-15-17/h1,3,5-13,15,21H,2,4,14H2,(H2,29,30,33)/t21-/m1/s1. The Labute approximate surface area is 188 Å². The second-order valence-electron chi connectivity index (χ2n) is 7.65. The van der Waals surface area contributed by atoms with Crippen LogP contribution in [0.15, 0.2) is 73.1 Å². The molecular weight excluding hydrogens is 433 g/mol. The van der Waals surface area contributed by atoms with Gasteiger partial charge in [-0.1, -0.05) is 18.2 Å². The van der Waals surface area contributed by atoms with Crippen molar-refractivity contribution in [2.45, 2.75) is 25.1 Å². The monoisotopic (exact) mass is 454 g/mol. The summed E-state index contributed by atoms with van der Waals surface area (Å²) in [5, 5.41) is 5.10. The van der Waals surface area contributed by atoms with Gasteiger partial charge in [-0.2, -0.15) is 13.2 Å². The van der Waals surface area contributed by atoms with E-state index in [4.69, 9.17) is 0 Å². The molecule has 2 heterocycles. The molecule has 2 N–H and O–H groups in total. The maximum absolute atomic E-state index is 13.0. The third-order valence-electron chi connectivity index (χ3n) is 5.39. The van der Waals surface area contributed by atoms with Crippen LogP contribution < -0.4 is 15.5 Å². The van der Waals surface area contributed by atoms with Gasteiger partial charge in [0.25, 0.3) is 0 Å². The molecule has 0 radical (unpaired) electrons. The first kappa shape index (κ1) is 22.3. The topological polar surface area (TPSA) is 74.3 Å². The highest BCUT2D eigenvalue weighted by Crippen LogP contribution is 2.30. The average molecular weight is 454 g/mol. The first-order chi connectivity index (χ1) is 15.8. The van der Waals surface area contributed by atoms with Crippen molar-refractivity contribution in [3.05, 3.63) is 78.6 Å². The Morgan fingerprint density at radius 1 is 1.00 bits per heavy atom. The third kappa shape index (κ3) is 5.31. The molecule has 0 unspecified atom stereocenters. The van der Waals surface area contributed by atoms with Gasteiger partial charge in [-0.25, -0.2) is 4.79 Å². The maximum atomic E-state index is 13.0. The Bertz CT molecular complexity index is 1120. The lowest BCUT2D eigenvalue weighted by Gasteiger charge is -2.32. The second-order valence-corrected chi connectivity index (χ2v) is 7.65. The van der Waals surface area contributed by atoms with Crippen LogP contribution in [0.5, 0.6) is 0 Å². The minimum Gasteiger partial charge on any atom is -0.326 e. The number of carbonyl (C=O) groups is 2. The molecule has 1 aromatic heterocycles. The summed E-state index contributed by atoms with van der Waals surface area (Å²) in [6, 6.07) is 14.1. The molecule has 3 aromatic rings. The molecule has 3 amide bonds. The van der Waals surface area contributed by atoms with E-state index in [-0.39, 0.29) is 11.6 Å². The number of urea groups is 1. The SMILES string of the molecule is O=C(Nc1ccc(C(F)(F)F)cc1)N[C@@H]1CCCN(c2ccc(-c3cccnc3)cc2)C1=O. The first-order valence-corrected chi connectivity index (χ1v) is 10.4. The van der Waals surface area contributed by atoms with Gasteiger partial charge in [-0.15, -0.1) is 0 Å². The van der Waals surface area contributed by atoms with E-state index in [0.29, 0.717) is 19.4 Å². The minimum absolute atomic E-state index is 0.201. The van der Waals surface area contributed by atoms with Crippen LogP contribution in [0.25, 0.3) is 11.1 Å². The number of pyridine rings is 1. The van der Waals surface area contributed by atoms with E-state index in [2.05, 4.69) is 15.6 Å². The number of nitrogens with one attached hydrogen (secondary N) is 2. The smallest absolute Gasteiger partial charge is 0.326 e. The minimum atomic E-state index is -4.45. The van der Waals surface area contributed by atoms with Crippen molar-refractivity contribution >= 4 is 23.3 Å². The highest BCUT2D eigenvalue weighted by molar-refractivity contribution is 6.01. The number of benzene rings is 2.